The van der Waals surface area contributed by atoms with E-state index in [1.165, 1.54) is 0 Å². The lowest BCUT2D eigenvalue weighted by molar-refractivity contribution is 0.263. The molecule has 12 heavy (non-hydrogen) atoms. The summed E-state index contributed by atoms with van der Waals surface area (Å²) in [4.78, 5) is 25.1. The monoisotopic (exact) mass is 236 g/mol. The molecule has 0 aromatic carbocycles. The summed E-state index contributed by atoms with van der Waals surface area (Å²) in [6, 6.07) is 0. The van der Waals surface area contributed by atoms with Crippen molar-refractivity contribution in [2.75, 3.05) is 0 Å². The number of rotatable bonds is 4. The largest absolute Gasteiger partial charge is 0.440 e. The van der Waals surface area contributed by atoms with Gasteiger partial charge in [0.15, 0.2) is 5.56 Å². The molecule has 0 aromatic rings. The zero-order chi connectivity index (χ0) is 9.99. The summed E-state index contributed by atoms with van der Waals surface area (Å²) in [5.41, 5.74) is -1.41. The molecule has 0 aliphatic heterocycles. The highest BCUT2D eigenvalue weighted by Gasteiger charge is 2.43. The molecule has 6 nitrogen and oxygen atoms in total. The maximum atomic E-state index is 10.6. The van der Waals surface area contributed by atoms with Crippen LogP contribution in [0, 0.1) is 0 Å². The number of hydrogen-bond acceptors (Lipinski definition) is 3. The third-order valence-electron chi connectivity index (χ3n) is 0.753. The first-order valence-electron chi connectivity index (χ1n) is 2.54. The number of halogens is 1. The molecule has 0 saturated heterocycles. The van der Waals surface area contributed by atoms with Gasteiger partial charge in [0.2, 0.25) is 0 Å². The molecule has 0 fully saturated rings. The Labute approximate surface area is 73.4 Å². The molecular formula is C3H7ClO6P2. The zero-order valence-electron chi connectivity index (χ0n) is 5.70. The molecule has 9 heteroatoms. The number of alkyl halides is 1. The summed E-state index contributed by atoms with van der Waals surface area (Å²) >= 11 is 5.14. The third-order valence-corrected chi connectivity index (χ3v) is 4.56. The van der Waals surface area contributed by atoms with Gasteiger partial charge in [0.1, 0.15) is 0 Å². The highest BCUT2D eigenvalue weighted by Crippen LogP contribution is 2.75. The molecule has 0 aliphatic rings. The predicted molar refractivity (Wildman–Crippen MR) is 42.8 cm³/mol. The Balaban J connectivity index is 4.56. The lowest BCUT2D eigenvalue weighted by Crippen LogP contribution is -1.98. The van der Waals surface area contributed by atoms with Crippen LogP contribution in [-0.2, 0) is 13.7 Å². The Kier molecular flexibility index (Phi) is 4.14. The SMILES string of the molecule is C=CC(Cl)OP(=O)(O)P(=O)(O)O. The lowest BCUT2D eigenvalue weighted by Gasteiger charge is -2.14. The van der Waals surface area contributed by atoms with E-state index in [0.717, 1.165) is 6.08 Å². The van der Waals surface area contributed by atoms with Crippen molar-refractivity contribution in [3.63, 3.8) is 0 Å². The van der Waals surface area contributed by atoms with Gasteiger partial charge in [-0.1, -0.05) is 18.2 Å². The molecule has 2 unspecified atom stereocenters. The molecular weight excluding hydrogens is 229 g/mol. The maximum Gasteiger partial charge on any atom is 0.440 e. The van der Waals surface area contributed by atoms with E-state index in [0.29, 0.717) is 0 Å². The topological polar surface area (TPSA) is 104 Å². The molecule has 72 valence electrons. The second-order valence-electron chi connectivity index (χ2n) is 1.70. The normalized spacial score (nSPS) is 19.7. The average molecular weight is 236 g/mol. The quantitative estimate of drug-likeness (QED) is 0.383. The van der Waals surface area contributed by atoms with E-state index in [4.69, 9.17) is 26.3 Å². The highest BCUT2D eigenvalue weighted by molar-refractivity contribution is 8.26. The molecule has 0 amide bonds. The fourth-order valence-corrected chi connectivity index (χ4v) is 1.87. The Morgan fingerprint density at radius 3 is 2.08 bits per heavy atom. The van der Waals surface area contributed by atoms with Gasteiger partial charge in [0.25, 0.3) is 0 Å². The summed E-state index contributed by atoms with van der Waals surface area (Å²) < 4.78 is 24.9. The minimum atomic E-state index is -5.18. The fourth-order valence-electron chi connectivity index (χ4n) is 0.236. The minimum Gasteiger partial charge on any atom is -0.316 e. The van der Waals surface area contributed by atoms with E-state index in [2.05, 4.69) is 11.1 Å². The molecule has 3 N–H and O–H groups in total. The zero-order valence-corrected chi connectivity index (χ0v) is 8.25. The van der Waals surface area contributed by atoms with E-state index in [-0.39, 0.29) is 0 Å². The molecule has 0 radical (unpaired) electrons. The number of hydrogen-bond donors (Lipinski definition) is 3. The lowest BCUT2D eigenvalue weighted by atomic mass is 10.7. The van der Waals surface area contributed by atoms with Crippen molar-refractivity contribution in [1.29, 1.82) is 0 Å². The Hall–Kier alpha value is 0.330. The van der Waals surface area contributed by atoms with Crippen LogP contribution in [-0.4, -0.2) is 20.2 Å². The molecule has 0 aromatic heterocycles. The van der Waals surface area contributed by atoms with Crippen molar-refractivity contribution >= 4 is 26.2 Å². The first kappa shape index (κ1) is 12.3. The molecule has 0 rings (SSSR count). The van der Waals surface area contributed by atoms with Crippen molar-refractivity contribution in [3.8, 4) is 0 Å². The summed E-state index contributed by atoms with van der Waals surface area (Å²) in [5, 5.41) is 0. The van der Waals surface area contributed by atoms with Crippen molar-refractivity contribution < 1.29 is 28.3 Å². The van der Waals surface area contributed by atoms with E-state index < -0.39 is 20.1 Å². The standard InChI is InChI=1S/C3H7ClO6P2/c1-2-3(4)10-12(8,9)11(5,6)7/h2-3H,1H2,(H,8,9)(H2,5,6,7). The molecule has 0 heterocycles. The van der Waals surface area contributed by atoms with Gasteiger partial charge in [-0.3, -0.25) is 4.52 Å². The Bertz CT molecular complexity index is 258. The van der Waals surface area contributed by atoms with Crippen LogP contribution in [0.25, 0.3) is 0 Å². The van der Waals surface area contributed by atoms with Crippen molar-refractivity contribution in [1.82, 2.24) is 0 Å². The second-order valence-corrected chi connectivity index (χ2v) is 7.42. The maximum absolute atomic E-state index is 10.6. The fraction of sp³-hybridized carbons (Fsp3) is 0.333. The minimum absolute atomic E-state index is 0.917. The van der Waals surface area contributed by atoms with Gasteiger partial charge in [-0.2, -0.15) is 0 Å². The van der Waals surface area contributed by atoms with Gasteiger partial charge in [-0.25, -0.2) is 9.13 Å². The van der Waals surface area contributed by atoms with Gasteiger partial charge >= 0.3 is 14.6 Å². The molecule has 0 bridgehead atoms. The van der Waals surface area contributed by atoms with Crippen LogP contribution < -0.4 is 0 Å². The van der Waals surface area contributed by atoms with Crippen LogP contribution in [0.1, 0.15) is 0 Å². The smallest absolute Gasteiger partial charge is 0.316 e. The van der Waals surface area contributed by atoms with Gasteiger partial charge < -0.3 is 14.7 Å². The van der Waals surface area contributed by atoms with Crippen LogP contribution in [0.2, 0.25) is 0 Å². The summed E-state index contributed by atoms with van der Waals surface area (Å²) in [6.07, 6.45) is 0.917. The molecule has 2 atom stereocenters. The van der Waals surface area contributed by atoms with Crippen molar-refractivity contribution in [3.05, 3.63) is 12.7 Å². The third kappa shape index (κ3) is 3.37. The molecule has 0 saturated carbocycles. The Morgan fingerprint density at radius 2 is 1.83 bits per heavy atom. The first-order valence-corrected chi connectivity index (χ1v) is 6.88. The highest BCUT2D eigenvalue weighted by atomic mass is 35.5. The van der Waals surface area contributed by atoms with Crippen LogP contribution in [0.3, 0.4) is 0 Å². The molecule has 0 aliphatic carbocycles. The predicted octanol–water partition coefficient (Wildman–Crippen LogP) is 1.03. The second kappa shape index (κ2) is 4.03. The van der Waals surface area contributed by atoms with Crippen molar-refractivity contribution in [2.24, 2.45) is 0 Å². The van der Waals surface area contributed by atoms with Crippen molar-refractivity contribution in [2.45, 2.75) is 5.56 Å². The van der Waals surface area contributed by atoms with E-state index in [1.807, 2.05) is 0 Å². The van der Waals surface area contributed by atoms with E-state index in [9.17, 15) is 9.13 Å². The van der Waals surface area contributed by atoms with Crippen LogP contribution in [0.4, 0.5) is 0 Å². The summed E-state index contributed by atoms with van der Waals surface area (Å²) in [5.74, 6) is 0. The summed E-state index contributed by atoms with van der Waals surface area (Å²) in [6.45, 7) is 3.08. The van der Waals surface area contributed by atoms with Gasteiger partial charge in [-0.05, 0) is 6.08 Å². The van der Waals surface area contributed by atoms with Gasteiger partial charge in [-0.15, -0.1) is 0 Å². The van der Waals surface area contributed by atoms with Gasteiger partial charge in [0, 0.05) is 0 Å². The van der Waals surface area contributed by atoms with E-state index >= 15 is 0 Å². The van der Waals surface area contributed by atoms with Gasteiger partial charge in [0.05, 0.1) is 0 Å². The van der Waals surface area contributed by atoms with Crippen LogP contribution in [0.5, 0.6) is 0 Å². The van der Waals surface area contributed by atoms with Crippen LogP contribution in [0.15, 0.2) is 12.7 Å². The molecule has 0 spiro atoms. The average Bonchev–Trinajstić information content (AvgIpc) is 1.84. The summed E-state index contributed by atoms with van der Waals surface area (Å²) in [7, 11) is -10.2. The first-order chi connectivity index (χ1) is 5.20. The Morgan fingerprint density at radius 1 is 1.42 bits per heavy atom. The van der Waals surface area contributed by atoms with Crippen LogP contribution >= 0.6 is 26.2 Å². The van der Waals surface area contributed by atoms with E-state index in [1.54, 1.807) is 0 Å².